The minimum atomic E-state index is -1.32. The molecule has 0 aromatic carbocycles. The van der Waals surface area contributed by atoms with Crippen LogP contribution in [-0.2, 0) is 4.74 Å². The second kappa shape index (κ2) is 7.69. The number of nitrogens with zero attached hydrogens (tertiary/aromatic N) is 2. The summed E-state index contributed by atoms with van der Waals surface area (Å²) in [5, 5.41) is 28.8. The van der Waals surface area contributed by atoms with Gasteiger partial charge in [0.15, 0.2) is 6.23 Å². The molecule has 0 amide bonds. The summed E-state index contributed by atoms with van der Waals surface area (Å²) in [4.78, 5) is 16.0. The summed E-state index contributed by atoms with van der Waals surface area (Å²) in [6.07, 6.45) is 1.17. The standard InChI is InChI=1S/C15H23N3O5/c1-2-3-4-9(16)7-10-5-6-18(15(22)17-10)14-13(21)12(20)11(8-19)23-14/h5-7,11-14,19-21H,2-4,8,16H2,1H3/b9-7-/t11-,12-,13-,14-/m1/s1. The Bertz CT molecular complexity index is 615. The smallest absolute Gasteiger partial charge is 0.350 e. The summed E-state index contributed by atoms with van der Waals surface area (Å²) in [6, 6.07) is 1.58. The van der Waals surface area contributed by atoms with Crippen molar-refractivity contribution in [3.05, 3.63) is 34.1 Å². The molecule has 2 heterocycles. The molecular formula is C15H23N3O5. The maximum atomic E-state index is 12.1. The molecule has 0 bridgehead atoms. The molecule has 8 nitrogen and oxygen atoms in total. The van der Waals surface area contributed by atoms with E-state index in [1.54, 1.807) is 12.1 Å². The molecule has 8 heteroatoms. The van der Waals surface area contributed by atoms with Crippen molar-refractivity contribution in [1.82, 2.24) is 9.55 Å². The fraction of sp³-hybridized carbons (Fsp3) is 0.600. The third-order valence-electron chi connectivity index (χ3n) is 3.80. The van der Waals surface area contributed by atoms with Gasteiger partial charge in [0.25, 0.3) is 0 Å². The molecule has 128 valence electrons. The van der Waals surface area contributed by atoms with Crippen molar-refractivity contribution in [3.63, 3.8) is 0 Å². The molecule has 2 rings (SSSR count). The number of aromatic nitrogens is 2. The third-order valence-corrected chi connectivity index (χ3v) is 3.80. The van der Waals surface area contributed by atoms with Gasteiger partial charge in [-0.25, -0.2) is 4.79 Å². The van der Waals surface area contributed by atoms with E-state index in [2.05, 4.69) is 11.9 Å². The summed E-state index contributed by atoms with van der Waals surface area (Å²) < 4.78 is 6.40. The molecule has 1 aliphatic rings. The van der Waals surface area contributed by atoms with Crippen LogP contribution in [0.1, 0.15) is 38.1 Å². The molecule has 5 N–H and O–H groups in total. The molecule has 0 unspecified atom stereocenters. The van der Waals surface area contributed by atoms with E-state index in [1.807, 2.05) is 0 Å². The summed E-state index contributed by atoms with van der Waals surface area (Å²) >= 11 is 0. The number of aliphatic hydroxyl groups is 3. The van der Waals surface area contributed by atoms with Crippen LogP contribution in [0.3, 0.4) is 0 Å². The number of hydrogen-bond donors (Lipinski definition) is 4. The summed E-state index contributed by atoms with van der Waals surface area (Å²) in [7, 11) is 0. The number of unbranched alkanes of at least 4 members (excludes halogenated alkanes) is 1. The number of rotatable bonds is 6. The molecule has 0 spiro atoms. The average molecular weight is 325 g/mol. The molecule has 0 radical (unpaired) electrons. The first-order valence-corrected chi connectivity index (χ1v) is 7.65. The van der Waals surface area contributed by atoms with Gasteiger partial charge in [0.1, 0.15) is 18.3 Å². The van der Waals surface area contributed by atoms with Gasteiger partial charge in [0.05, 0.1) is 12.3 Å². The lowest BCUT2D eigenvalue weighted by molar-refractivity contribution is -0.0549. The van der Waals surface area contributed by atoms with Crippen LogP contribution in [-0.4, -0.2) is 49.8 Å². The van der Waals surface area contributed by atoms with E-state index in [-0.39, 0.29) is 0 Å². The van der Waals surface area contributed by atoms with Gasteiger partial charge in [-0.2, -0.15) is 4.98 Å². The molecular weight excluding hydrogens is 302 g/mol. The van der Waals surface area contributed by atoms with Crippen LogP contribution in [0.5, 0.6) is 0 Å². The molecule has 1 fully saturated rings. The fourth-order valence-corrected chi connectivity index (χ4v) is 2.45. The van der Waals surface area contributed by atoms with Crippen LogP contribution in [0.25, 0.3) is 6.08 Å². The zero-order valence-electron chi connectivity index (χ0n) is 13.0. The monoisotopic (exact) mass is 325 g/mol. The van der Waals surface area contributed by atoms with Crippen LogP contribution in [0, 0.1) is 0 Å². The summed E-state index contributed by atoms with van der Waals surface area (Å²) in [5.74, 6) is 0. The zero-order valence-corrected chi connectivity index (χ0v) is 13.0. The average Bonchev–Trinajstić information content (AvgIpc) is 2.81. The van der Waals surface area contributed by atoms with Crippen molar-refractivity contribution >= 4 is 6.08 Å². The summed E-state index contributed by atoms with van der Waals surface area (Å²) in [5.41, 5.74) is 6.30. The molecule has 4 atom stereocenters. The number of hydrogen-bond acceptors (Lipinski definition) is 7. The lowest BCUT2D eigenvalue weighted by Crippen LogP contribution is -2.36. The van der Waals surface area contributed by atoms with Crippen LogP contribution in [0.15, 0.2) is 22.8 Å². The predicted molar refractivity (Wildman–Crippen MR) is 83.2 cm³/mol. The van der Waals surface area contributed by atoms with E-state index >= 15 is 0 Å². The van der Waals surface area contributed by atoms with Gasteiger partial charge in [-0.3, -0.25) is 4.57 Å². The first kappa shape index (κ1) is 17.6. The first-order valence-electron chi connectivity index (χ1n) is 7.65. The molecule has 1 aromatic rings. The second-order valence-corrected chi connectivity index (χ2v) is 5.59. The third kappa shape index (κ3) is 3.97. The number of aliphatic hydroxyl groups excluding tert-OH is 3. The van der Waals surface area contributed by atoms with E-state index in [4.69, 9.17) is 15.6 Å². The Hall–Kier alpha value is -1.74. The highest BCUT2D eigenvalue weighted by Gasteiger charge is 2.43. The second-order valence-electron chi connectivity index (χ2n) is 5.59. The molecule has 1 saturated heterocycles. The van der Waals surface area contributed by atoms with Crippen LogP contribution in [0.2, 0.25) is 0 Å². The minimum absolute atomic E-state index is 0.423. The van der Waals surface area contributed by atoms with E-state index in [9.17, 15) is 15.0 Å². The van der Waals surface area contributed by atoms with Crippen LogP contribution >= 0.6 is 0 Å². The number of ether oxygens (including phenoxy) is 1. The lowest BCUT2D eigenvalue weighted by atomic mass is 10.1. The normalized spacial score (nSPS) is 28.3. The van der Waals surface area contributed by atoms with Gasteiger partial charge in [0, 0.05) is 11.9 Å². The molecule has 0 aliphatic carbocycles. The van der Waals surface area contributed by atoms with Gasteiger partial charge in [0.2, 0.25) is 0 Å². The van der Waals surface area contributed by atoms with E-state index in [0.717, 1.165) is 23.8 Å². The van der Waals surface area contributed by atoms with Gasteiger partial charge in [-0.1, -0.05) is 13.3 Å². The van der Waals surface area contributed by atoms with E-state index < -0.39 is 36.8 Å². The van der Waals surface area contributed by atoms with Crippen LogP contribution < -0.4 is 11.4 Å². The molecule has 1 aliphatic heterocycles. The first-order chi connectivity index (χ1) is 11.0. The lowest BCUT2D eigenvalue weighted by Gasteiger charge is -2.17. The minimum Gasteiger partial charge on any atom is -0.402 e. The molecule has 1 aromatic heterocycles. The number of nitrogens with two attached hydrogens (primary N) is 1. The maximum absolute atomic E-state index is 12.1. The van der Waals surface area contributed by atoms with Gasteiger partial charge < -0.3 is 25.8 Å². The SMILES string of the molecule is CCCC/C(N)=C/c1ccn([C@@H]2O[C@H](CO)[C@@H](O)[C@H]2O)c(=O)n1. The Morgan fingerprint density at radius 2 is 2.22 bits per heavy atom. The zero-order chi connectivity index (χ0) is 17.0. The predicted octanol–water partition coefficient (Wildman–Crippen LogP) is -0.655. The van der Waals surface area contributed by atoms with Crippen molar-refractivity contribution in [2.75, 3.05) is 6.61 Å². The Labute approximate surface area is 133 Å². The fourth-order valence-electron chi connectivity index (χ4n) is 2.45. The van der Waals surface area contributed by atoms with Crippen molar-refractivity contribution in [2.24, 2.45) is 5.73 Å². The van der Waals surface area contributed by atoms with Gasteiger partial charge >= 0.3 is 5.69 Å². The summed E-state index contributed by atoms with van der Waals surface area (Å²) in [6.45, 7) is 1.61. The van der Waals surface area contributed by atoms with Gasteiger partial charge in [-0.05, 0) is 25.0 Å². The number of allylic oxidation sites excluding steroid dienone is 1. The van der Waals surface area contributed by atoms with Crippen molar-refractivity contribution in [2.45, 2.75) is 50.7 Å². The van der Waals surface area contributed by atoms with Gasteiger partial charge in [-0.15, -0.1) is 0 Å². The Morgan fingerprint density at radius 1 is 1.48 bits per heavy atom. The Balaban J connectivity index is 2.19. The van der Waals surface area contributed by atoms with Crippen molar-refractivity contribution < 1.29 is 20.1 Å². The highest BCUT2D eigenvalue weighted by Crippen LogP contribution is 2.27. The van der Waals surface area contributed by atoms with Crippen molar-refractivity contribution in [3.8, 4) is 0 Å². The Morgan fingerprint density at radius 3 is 2.78 bits per heavy atom. The highest BCUT2D eigenvalue weighted by molar-refractivity contribution is 5.46. The van der Waals surface area contributed by atoms with Crippen molar-refractivity contribution in [1.29, 1.82) is 0 Å². The molecule has 0 saturated carbocycles. The van der Waals surface area contributed by atoms with E-state index in [0.29, 0.717) is 11.4 Å². The van der Waals surface area contributed by atoms with E-state index in [1.165, 1.54) is 6.20 Å². The quantitative estimate of drug-likeness (QED) is 0.546. The Kier molecular flexibility index (Phi) is 5.89. The largest absolute Gasteiger partial charge is 0.402 e. The van der Waals surface area contributed by atoms with Crippen LogP contribution in [0.4, 0.5) is 0 Å². The highest BCUT2D eigenvalue weighted by atomic mass is 16.6. The molecule has 23 heavy (non-hydrogen) atoms. The maximum Gasteiger partial charge on any atom is 0.350 e. The topological polar surface area (TPSA) is 131 Å².